The first-order valence-corrected chi connectivity index (χ1v) is 5.06. The quantitative estimate of drug-likeness (QED) is 0.784. The van der Waals surface area contributed by atoms with Crippen LogP contribution in [-0.4, -0.2) is 10.7 Å². The van der Waals surface area contributed by atoms with Gasteiger partial charge in [0.15, 0.2) is 0 Å². The Hall–Kier alpha value is -0.890. The lowest BCUT2D eigenvalue weighted by molar-refractivity contribution is 0.140. The molecule has 0 aromatic heterocycles. The Labute approximate surface area is 83.6 Å². The zero-order valence-electron chi connectivity index (χ0n) is 8.39. The zero-order chi connectivity index (χ0) is 10.2. The lowest BCUT2D eigenvalue weighted by atomic mass is 10.0. The molecule has 14 heavy (non-hydrogen) atoms. The molecule has 1 fully saturated rings. The minimum atomic E-state index is -0.402. The molecule has 1 aliphatic carbocycles. The third-order valence-electron chi connectivity index (χ3n) is 2.99. The molecule has 0 amide bonds. The smallest absolute Gasteiger partial charge is 0.123 e. The summed E-state index contributed by atoms with van der Waals surface area (Å²) >= 11 is 0. The van der Waals surface area contributed by atoms with Gasteiger partial charge in [0.2, 0.25) is 0 Å². The SMILES string of the molecule is Cc1cc(F)ccc1CCC1(O)CC1. The minimum Gasteiger partial charge on any atom is -0.390 e. The second-order valence-electron chi connectivity index (χ2n) is 4.30. The number of aliphatic hydroxyl groups is 1. The molecule has 0 radical (unpaired) electrons. The molecule has 0 heterocycles. The van der Waals surface area contributed by atoms with Crippen LogP contribution in [0.5, 0.6) is 0 Å². The lowest BCUT2D eigenvalue weighted by Gasteiger charge is -2.09. The van der Waals surface area contributed by atoms with Crippen LogP contribution in [0.15, 0.2) is 18.2 Å². The van der Waals surface area contributed by atoms with Gasteiger partial charge in [0.05, 0.1) is 5.60 Å². The number of benzene rings is 1. The number of halogens is 1. The van der Waals surface area contributed by atoms with E-state index in [4.69, 9.17) is 0 Å². The summed E-state index contributed by atoms with van der Waals surface area (Å²) in [7, 11) is 0. The van der Waals surface area contributed by atoms with Crippen molar-refractivity contribution in [3.8, 4) is 0 Å². The van der Waals surface area contributed by atoms with Crippen LogP contribution >= 0.6 is 0 Å². The maximum Gasteiger partial charge on any atom is 0.123 e. The van der Waals surface area contributed by atoms with Crippen molar-refractivity contribution in [3.05, 3.63) is 35.1 Å². The van der Waals surface area contributed by atoms with Gasteiger partial charge in [-0.1, -0.05) is 6.07 Å². The fourth-order valence-corrected chi connectivity index (χ4v) is 1.70. The van der Waals surface area contributed by atoms with Crippen LogP contribution in [0.2, 0.25) is 0 Å². The molecule has 0 unspecified atom stereocenters. The van der Waals surface area contributed by atoms with Gasteiger partial charge in [0.1, 0.15) is 5.82 Å². The average molecular weight is 194 g/mol. The normalized spacial score (nSPS) is 18.2. The minimum absolute atomic E-state index is 0.184. The summed E-state index contributed by atoms with van der Waals surface area (Å²) in [4.78, 5) is 0. The Bertz CT molecular complexity index is 342. The Morgan fingerprint density at radius 1 is 1.43 bits per heavy atom. The van der Waals surface area contributed by atoms with Gasteiger partial charge in [-0.05, 0) is 55.9 Å². The summed E-state index contributed by atoms with van der Waals surface area (Å²) in [5.74, 6) is -0.184. The van der Waals surface area contributed by atoms with Crippen molar-refractivity contribution in [2.24, 2.45) is 0 Å². The van der Waals surface area contributed by atoms with Gasteiger partial charge in [-0.2, -0.15) is 0 Å². The molecule has 1 aliphatic rings. The highest BCUT2D eigenvalue weighted by molar-refractivity contribution is 5.27. The summed E-state index contributed by atoms with van der Waals surface area (Å²) in [6.45, 7) is 1.91. The van der Waals surface area contributed by atoms with Crippen LogP contribution in [0.1, 0.15) is 30.4 Å². The van der Waals surface area contributed by atoms with Crippen LogP contribution < -0.4 is 0 Å². The van der Waals surface area contributed by atoms with E-state index in [0.717, 1.165) is 36.8 Å². The molecule has 1 aromatic rings. The van der Waals surface area contributed by atoms with E-state index in [1.54, 1.807) is 6.07 Å². The second kappa shape index (κ2) is 3.35. The van der Waals surface area contributed by atoms with E-state index in [-0.39, 0.29) is 5.82 Å². The Kier molecular flexibility index (Phi) is 2.31. The van der Waals surface area contributed by atoms with Crippen molar-refractivity contribution in [1.29, 1.82) is 0 Å². The van der Waals surface area contributed by atoms with Gasteiger partial charge >= 0.3 is 0 Å². The molecule has 1 aromatic carbocycles. The molecular weight excluding hydrogens is 179 g/mol. The summed E-state index contributed by atoms with van der Waals surface area (Å²) in [5, 5.41) is 9.66. The molecule has 0 atom stereocenters. The number of hydrogen-bond acceptors (Lipinski definition) is 1. The van der Waals surface area contributed by atoms with E-state index in [1.165, 1.54) is 6.07 Å². The van der Waals surface area contributed by atoms with E-state index in [1.807, 2.05) is 13.0 Å². The van der Waals surface area contributed by atoms with Gasteiger partial charge in [0.25, 0.3) is 0 Å². The Morgan fingerprint density at radius 2 is 2.14 bits per heavy atom. The standard InChI is InChI=1S/C12H15FO/c1-9-8-11(13)3-2-10(9)4-5-12(14)6-7-12/h2-3,8,14H,4-7H2,1H3. The molecule has 0 spiro atoms. The molecule has 1 N–H and O–H groups in total. The first kappa shape index (κ1) is 9.66. The third-order valence-corrected chi connectivity index (χ3v) is 2.99. The van der Waals surface area contributed by atoms with Crippen molar-refractivity contribution < 1.29 is 9.50 Å². The van der Waals surface area contributed by atoms with E-state index >= 15 is 0 Å². The summed E-state index contributed by atoms with van der Waals surface area (Å²) in [6, 6.07) is 4.85. The molecule has 0 aliphatic heterocycles. The highest BCUT2D eigenvalue weighted by Gasteiger charge is 2.39. The first-order valence-electron chi connectivity index (χ1n) is 5.06. The Balaban J connectivity index is 2.02. The molecular formula is C12H15FO. The number of rotatable bonds is 3. The molecule has 1 nitrogen and oxygen atoms in total. The van der Waals surface area contributed by atoms with Crippen molar-refractivity contribution >= 4 is 0 Å². The lowest BCUT2D eigenvalue weighted by Crippen LogP contribution is -2.08. The van der Waals surface area contributed by atoms with Crippen LogP contribution in [0.4, 0.5) is 4.39 Å². The molecule has 1 saturated carbocycles. The van der Waals surface area contributed by atoms with Crippen LogP contribution in [0, 0.1) is 12.7 Å². The van der Waals surface area contributed by atoms with E-state index in [9.17, 15) is 9.50 Å². The fraction of sp³-hybridized carbons (Fsp3) is 0.500. The van der Waals surface area contributed by atoms with Gasteiger partial charge in [-0.15, -0.1) is 0 Å². The van der Waals surface area contributed by atoms with Crippen molar-refractivity contribution in [2.75, 3.05) is 0 Å². The Morgan fingerprint density at radius 3 is 2.71 bits per heavy atom. The van der Waals surface area contributed by atoms with Gasteiger partial charge in [-0.25, -0.2) is 4.39 Å². The van der Waals surface area contributed by atoms with E-state index in [2.05, 4.69) is 0 Å². The molecule has 76 valence electrons. The maximum absolute atomic E-state index is 12.8. The number of hydrogen-bond donors (Lipinski definition) is 1. The molecule has 2 rings (SSSR count). The molecule has 2 heteroatoms. The highest BCUT2D eigenvalue weighted by atomic mass is 19.1. The monoisotopic (exact) mass is 194 g/mol. The first-order chi connectivity index (χ1) is 6.59. The topological polar surface area (TPSA) is 20.2 Å². The molecule has 0 saturated heterocycles. The van der Waals surface area contributed by atoms with Crippen molar-refractivity contribution in [2.45, 2.75) is 38.2 Å². The summed E-state index contributed by atoms with van der Waals surface area (Å²) < 4.78 is 12.8. The van der Waals surface area contributed by atoms with Crippen molar-refractivity contribution in [3.63, 3.8) is 0 Å². The predicted molar refractivity (Wildman–Crippen MR) is 53.6 cm³/mol. The van der Waals surface area contributed by atoms with Crippen LogP contribution in [-0.2, 0) is 6.42 Å². The van der Waals surface area contributed by atoms with Crippen LogP contribution in [0.3, 0.4) is 0 Å². The van der Waals surface area contributed by atoms with Gasteiger partial charge in [0, 0.05) is 0 Å². The average Bonchev–Trinajstić information content (AvgIpc) is 2.83. The van der Waals surface area contributed by atoms with Crippen LogP contribution in [0.25, 0.3) is 0 Å². The summed E-state index contributed by atoms with van der Waals surface area (Å²) in [6.07, 6.45) is 3.50. The maximum atomic E-state index is 12.8. The largest absolute Gasteiger partial charge is 0.390 e. The zero-order valence-corrected chi connectivity index (χ0v) is 8.39. The van der Waals surface area contributed by atoms with E-state index < -0.39 is 5.60 Å². The van der Waals surface area contributed by atoms with Gasteiger partial charge < -0.3 is 5.11 Å². The summed E-state index contributed by atoms with van der Waals surface area (Å²) in [5.41, 5.74) is 1.72. The molecule has 0 bridgehead atoms. The third kappa shape index (κ3) is 2.13. The highest BCUT2D eigenvalue weighted by Crippen LogP contribution is 2.39. The predicted octanol–water partition coefficient (Wildman–Crippen LogP) is 2.59. The fourth-order valence-electron chi connectivity index (χ4n) is 1.70. The van der Waals surface area contributed by atoms with E-state index in [0.29, 0.717) is 0 Å². The van der Waals surface area contributed by atoms with Gasteiger partial charge in [-0.3, -0.25) is 0 Å². The van der Waals surface area contributed by atoms with Crippen molar-refractivity contribution in [1.82, 2.24) is 0 Å². The second-order valence-corrected chi connectivity index (χ2v) is 4.30. The number of aryl methyl sites for hydroxylation is 2.